The summed E-state index contributed by atoms with van der Waals surface area (Å²) in [4.78, 5) is 0. The predicted octanol–water partition coefficient (Wildman–Crippen LogP) is 2.70. The van der Waals surface area contributed by atoms with E-state index in [9.17, 15) is 5.11 Å². The molecule has 3 atom stereocenters. The summed E-state index contributed by atoms with van der Waals surface area (Å²) in [5, 5.41) is 13.9. The molecule has 0 bridgehead atoms. The average Bonchev–Trinajstić information content (AvgIpc) is 2.71. The molecule has 1 nitrogen and oxygen atoms in total. The minimum atomic E-state index is -0.0522. The second-order valence-electron chi connectivity index (χ2n) is 4.10. The van der Waals surface area contributed by atoms with Gasteiger partial charge in [-0.3, -0.25) is 0 Å². The minimum Gasteiger partial charge on any atom is -0.393 e. The smallest absolute Gasteiger partial charge is 0.0568 e. The molecule has 3 unspecified atom stereocenters. The van der Waals surface area contributed by atoms with E-state index in [-0.39, 0.29) is 6.10 Å². The topological polar surface area (TPSA) is 20.2 Å². The van der Waals surface area contributed by atoms with Crippen molar-refractivity contribution in [2.24, 2.45) is 11.8 Å². The second-order valence-corrected chi connectivity index (χ2v) is 4.88. The molecule has 0 saturated heterocycles. The highest BCUT2D eigenvalue weighted by Gasteiger charge is 2.30. The lowest BCUT2D eigenvalue weighted by Gasteiger charge is -2.16. The van der Waals surface area contributed by atoms with E-state index in [1.807, 2.05) is 0 Å². The summed E-state index contributed by atoms with van der Waals surface area (Å²) in [5.74, 6) is 1.18. The van der Waals surface area contributed by atoms with E-state index < -0.39 is 0 Å². The van der Waals surface area contributed by atoms with E-state index in [0.29, 0.717) is 11.8 Å². The lowest BCUT2D eigenvalue weighted by molar-refractivity contribution is 0.127. The number of hydrogen-bond acceptors (Lipinski definition) is 2. The number of aliphatic hydroxyl groups is 1. The molecule has 0 aromatic carbocycles. The Morgan fingerprint density at radius 3 is 2.92 bits per heavy atom. The first kappa shape index (κ1) is 9.22. The molecule has 13 heavy (non-hydrogen) atoms. The molecule has 1 aliphatic rings. The third-order valence-electron chi connectivity index (χ3n) is 3.26. The molecule has 1 saturated carbocycles. The first-order valence-corrected chi connectivity index (χ1v) is 5.91. The van der Waals surface area contributed by atoms with Crippen LogP contribution in [0.25, 0.3) is 0 Å². The predicted molar refractivity (Wildman–Crippen MR) is 55.9 cm³/mol. The van der Waals surface area contributed by atoms with Crippen LogP contribution in [0.3, 0.4) is 0 Å². The Bertz CT molecular complexity index is 255. The summed E-state index contributed by atoms with van der Waals surface area (Å²) in [5.41, 5.74) is 1.44. The van der Waals surface area contributed by atoms with E-state index in [2.05, 4.69) is 23.8 Å². The van der Waals surface area contributed by atoms with Gasteiger partial charge in [0.15, 0.2) is 0 Å². The van der Waals surface area contributed by atoms with Gasteiger partial charge in [0, 0.05) is 0 Å². The SMILES string of the molecule is CC1C(O)CCC1Cc1ccsc1. The number of hydrogen-bond donors (Lipinski definition) is 1. The van der Waals surface area contributed by atoms with E-state index in [0.717, 1.165) is 12.8 Å². The molecule has 0 aliphatic heterocycles. The molecular weight excluding hydrogens is 180 g/mol. The van der Waals surface area contributed by atoms with Gasteiger partial charge in [-0.15, -0.1) is 0 Å². The number of rotatable bonds is 2. The van der Waals surface area contributed by atoms with Crippen molar-refractivity contribution in [3.05, 3.63) is 22.4 Å². The molecule has 1 N–H and O–H groups in total. The van der Waals surface area contributed by atoms with Crippen molar-refractivity contribution in [3.63, 3.8) is 0 Å². The highest BCUT2D eigenvalue weighted by Crippen LogP contribution is 2.34. The van der Waals surface area contributed by atoms with Crippen LogP contribution in [0.1, 0.15) is 25.3 Å². The van der Waals surface area contributed by atoms with Crippen molar-refractivity contribution >= 4 is 11.3 Å². The van der Waals surface area contributed by atoms with Gasteiger partial charge in [0.1, 0.15) is 0 Å². The van der Waals surface area contributed by atoms with Gasteiger partial charge >= 0.3 is 0 Å². The van der Waals surface area contributed by atoms with E-state index in [4.69, 9.17) is 0 Å². The molecule has 2 heteroatoms. The molecule has 0 radical (unpaired) electrons. The Balaban J connectivity index is 1.96. The van der Waals surface area contributed by atoms with Gasteiger partial charge < -0.3 is 5.11 Å². The molecule has 1 aromatic rings. The summed E-state index contributed by atoms with van der Waals surface area (Å²) in [6.45, 7) is 2.18. The maximum absolute atomic E-state index is 9.60. The Kier molecular flexibility index (Phi) is 2.70. The summed E-state index contributed by atoms with van der Waals surface area (Å²) >= 11 is 1.76. The zero-order valence-electron chi connectivity index (χ0n) is 7.94. The fourth-order valence-corrected chi connectivity index (χ4v) is 2.91. The maximum Gasteiger partial charge on any atom is 0.0568 e. The molecule has 0 amide bonds. The molecule has 2 rings (SSSR count). The quantitative estimate of drug-likeness (QED) is 0.771. The fraction of sp³-hybridized carbons (Fsp3) is 0.636. The van der Waals surface area contributed by atoms with Crippen LogP contribution in [-0.2, 0) is 6.42 Å². The lowest BCUT2D eigenvalue weighted by atomic mass is 9.91. The second kappa shape index (κ2) is 3.81. The highest BCUT2D eigenvalue weighted by molar-refractivity contribution is 7.07. The Morgan fingerprint density at radius 1 is 1.54 bits per heavy atom. The van der Waals surface area contributed by atoms with E-state index in [1.54, 1.807) is 11.3 Å². The maximum atomic E-state index is 9.60. The first-order chi connectivity index (χ1) is 6.27. The largest absolute Gasteiger partial charge is 0.393 e. The van der Waals surface area contributed by atoms with Gasteiger partial charge in [0.05, 0.1) is 6.10 Å². The van der Waals surface area contributed by atoms with Crippen LogP contribution < -0.4 is 0 Å². The summed E-state index contributed by atoms with van der Waals surface area (Å²) in [6.07, 6.45) is 3.29. The van der Waals surface area contributed by atoms with Gasteiger partial charge in [-0.05, 0) is 53.5 Å². The average molecular weight is 196 g/mol. The first-order valence-electron chi connectivity index (χ1n) is 4.96. The number of aliphatic hydroxyl groups excluding tert-OH is 1. The Morgan fingerprint density at radius 2 is 2.38 bits per heavy atom. The van der Waals surface area contributed by atoms with Crippen molar-refractivity contribution < 1.29 is 5.11 Å². The Labute approximate surface area is 83.4 Å². The van der Waals surface area contributed by atoms with E-state index >= 15 is 0 Å². The summed E-state index contributed by atoms with van der Waals surface area (Å²) in [6, 6.07) is 2.20. The van der Waals surface area contributed by atoms with Crippen molar-refractivity contribution in [3.8, 4) is 0 Å². The Hall–Kier alpha value is -0.340. The lowest BCUT2D eigenvalue weighted by Crippen LogP contribution is -2.16. The van der Waals surface area contributed by atoms with Gasteiger partial charge in [0.2, 0.25) is 0 Å². The normalized spacial score (nSPS) is 33.8. The molecule has 1 aliphatic carbocycles. The van der Waals surface area contributed by atoms with Crippen molar-refractivity contribution in [1.82, 2.24) is 0 Å². The van der Waals surface area contributed by atoms with Crippen LogP contribution in [0.2, 0.25) is 0 Å². The molecule has 1 aromatic heterocycles. The van der Waals surface area contributed by atoms with Crippen LogP contribution in [0.15, 0.2) is 16.8 Å². The van der Waals surface area contributed by atoms with Crippen LogP contribution in [0.5, 0.6) is 0 Å². The van der Waals surface area contributed by atoms with Crippen LogP contribution in [0.4, 0.5) is 0 Å². The van der Waals surface area contributed by atoms with Gasteiger partial charge in [-0.25, -0.2) is 0 Å². The zero-order valence-corrected chi connectivity index (χ0v) is 8.76. The number of thiophene rings is 1. The fourth-order valence-electron chi connectivity index (χ4n) is 2.22. The molecule has 1 fully saturated rings. The van der Waals surface area contributed by atoms with Crippen molar-refractivity contribution in [2.45, 2.75) is 32.3 Å². The standard InChI is InChI=1S/C11H16OS/c1-8-10(2-3-11(8)12)6-9-4-5-13-7-9/h4-5,7-8,10-12H,2-3,6H2,1H3. The minimum absolute atomic E-state index is 0.0522. The zero-order chi connectivity index (χ0) is 9.26. The van der Waals surface area contributed by atoms with Crippen LogP contribution in [0, 0.1) is 11.8 Å². The van der Waals surface area contributed by atoms with E-state index in [1.165, 1.54) is 12.0 Å². The molecular formula is C11H16OS. The monoisotopic (exact) mass is 196 g/mol. The van der Waals surface area contributed by atoms with Gasteiger partial charge in [0.25, 0.3) is 0 Å². The molecule has 1 heterocycles. The van der Waals surface area contributed by atoms with Crippen LogP contribution in [-0.4, -0.2) is 11.2 Å². The third kappa shape index (κ3) is 1.94. The summed E-state index contributed by atoms with van der Waals surface area (Å²) in [7, 11) is 0. The summed E-state index contributed by atoms with van der Waals surface area (Å²) < 4.78 is 0. The van der Waals surface area contributed by atoms with Crippen LogP contribution >= 0.6 is 11.3 Å². The molecule has 0 spiro atoms. The van der Waals surface area contributed by atoms with Crippen molar-refractivity contribution in [2.75, 3.05) is 0 Å². The van der Waals surface area contributed by atoms with Gasteiger partial charge in [-0.2, -0.15) is 11.3 Å². The molecule has 72 valence electrons. The van der Waals surface area contributed by atoms with Gasteiger partial charge in [-0.1, -0.05) is 6.92 Å². The third-order valence-corrected chi connectivity index (χ3v) is 3.99. The van der Waals surface area contributed by atoms with Crippen molar-refractivity contribution in [1.29, 1.82) is 0 Å². The highest BCUT2D eigenvalue weighted by atomic mass is 32.1.